The molecular formula is C14H17NO6. The number of benzene rings is 1. The molecule has 0 heterocycles. The molecule has 7 heteroatoms. The molecule has 0 bridgehead atoms. The molecule has 0 aromatic heterocycles. The zero-order valence-electron chi connectivity index (χ0n) is 11.6. The molecule has 1 rings (SSSR count). The quantitative estimate of drug-likeness (QED) is 0.744. The van der Waals surface area contributed by atoms with Gasteiger partial charge in [-0.25, -0.2) is 0 Å². The summed E-state index contributed by atoms with van der Waals surface area (Å²) in [6.07, 6.45) is -0.469. The summed E-state index contributed by atoms with van der Waals surface area (Å²) in [6.45, 7) is -0.0685. The number of nitrogens with zero attached hydrogens (tertiary/aromatic N) is 1. The lowest BCUT2D eigenvalue weighted by atomic mass is 10.1. The Kier molecular flexibility index (Phi) is 6.19. The molecule has 0 saturated heterocycles. The first kappa shape index (κ1) is 16.5. The highest BCUT2D eigenvalue weighted by molar-refractivity contribution is 5.94. The predicted molar refractivity (Wildman–Crippen MR) is 73.4 cm³/mol. The molecule has 21 heavy (non-hydrogen) atoms. The fourth-order valence-electron chi connectivity index (χ4n) is 1.69. The molecular weight excluding hydrogens is 278 g/mol. The van der Waals surface area contributed by atoms with Crippen LogP contribution in [0, 0.1) is 0 Å². The van der Waals surface area contributed by atoms with Gasteiger partial charge in [0.1, 0.15) is 5.75 Å². The predicted octanol–water partition coefficient (Wildman–Crippen LogP) is 1.09. The summed E-state index contributed by atoms with van der Waals surface area (Å²) < 4.78 is 4.99. The Morgan fingerprint density at radius 1 is 1.00 bits per heavy atom. The van der Waals surface area contributed by atoms with E-state index in [-0.39, 0.29) is 25.9 Å². The zero-order valence-corrected chi connectivity index (χ0v) is 11.6. The van der Waals surface area contributed by atoms with Crippen molar-refractivity contribution < 1.29 is 29.3 Å². The fourth-order valence-corrected chi connectivity index (χ4v) is 1.69. The Labute approximate surface area is 121 Å². The van der Waals surface area contributed by atoms with Gasteiger partial charge in [-0.1, -0.05) is 0 Å². The van der Waals surface area contributed by atoms with Gasteiger partial charge in [0.2, 0.25) is 0 Å². The van der Waals surface area contributed by atoms with Gasteiger partial charge in [0.05, 0.1) is 20.0 Å². The number of hydrogen-bond acceptors (Lipinski definition) is 4. The number of carboxylic acid groups (broad SMARTS) is 2. The molecule has 0 fully saturated rings. The summed E-state index contributed by atoms with van der Waals surface area (Å²) in [4.78, 5) is 34.7. The number of carbonyl (C=O) groups is 3. The maximum absolute atomic E-state index is 12.3. The zero-order chi connectivity index (χ0) is 15.8. The van der Waals surface area contributed by atoms with E-state index in [2.05, 4.69) is 0 Å². The number of aliphatic carboxylic acids is 2. The Bertz CT molecular complexity index is 493. The van der Waals surface area contributed by atoms with Crippen LogP contribution >= 0.6 is 0 Å². The standard InChI is InChI=1S/C14H17NO6/c1-21-11-4-2-10(3-5-11)14(20)15(8-6-12(16)17)9-7-13(18)19/h2-5H,6-9H2,1H3,(H,16,17)(H,18,19). The van der Waals surface area contributed by atoms with E-state index in [9.17, 15) is 14.4 Å². The van der Waals surface area contributed by atoms with Crippen LogP contribution in [0.25, 0.3) is 0 Å². The van der Waals surface area contributed by atoms with Gasteiger partial charge in [-0.3, -0.25) is 14.4 Å². The Morgan fingerprint density at radius 3 is 1.86 bits per heavy atom. The molecule has 0 aliphatic rings. The summed E-state index contributed by atoms with van der Waals surface area (Å²) in [6, 6.07) is 6.32. The van der Waals surface area contributed by atoms with Crippen LogP contribution in [0.1, 0.15) is 23.2 Å². The average molecular weight is 295 g/mol. The van der Waals surface area contributed by atoms with E-state index >= 15 is 0 Å². The van der Waals surface area contributed by atoms with Crippen LogP contribution in [0.15, 0.2) is 24.3 Å². The van der Waals surface area contributed by atoms with Gasteiger partial charge in [0.25, 0.3) is 5.91 Å². The SMILES string of the molecule is COc1ccc(C(=O)N(CCC(=O)O)CCC(=O)O)cc1. The molecule has 0 atom stereocenters. The number of rotatable bonds is 8. The van der Waals surface area contributed by atoms with Crippen LogP contribution in [0.5, 0.6) is 5.75 Å². The van der Waals surface area contributed by atoms with Crippen molar-refractivity contribution in [1.29, 1.82) is 0 Å². The van der Waals surface area contributed by atoms with Crippen LogP contribution in [0.4, 0.5) is 0 Å². The second-order valence-electron chi connectivity index (χ2n) is 4.31. The molecule has 0 aliphatic carbocycles. The second-order valence-corrected chi connectivity index (χ2v) is 4.31. The Hall–Kier alpha value is -2.57. The average Bonchev–Trinajstić information content (AvgIpc) is 2.46. The number of amides is 1. The maximum atomic E-state index is 12.3. The van der Waals surface area contributed by atoms with Crippen molar-refractivity contribution in [2.24, 2.45) is 0 Å². The van der Waals surface area contributed by atoms with Gasteiger partial charge in [-0.05, 0) is 24.3 Å². The minimum Gasteiger partial charge on any atom is -0.497 e. The molecule has 114 valence electrons. The molecule has 0 saturated carbocycles. The molecule has 1 aromatic carbocycles. The van der Waals surface area contributed by atoms with Crippen LogP contribution < -0.4 is 4.74 Å². The van der Waals surface area contributed by atoms with E-state index in [1.807, 2.05) is 0 Å². The molecule has 2 N–H and O–H groups in total. The van der Waals surface area contributed by atoms with Gasteiger partial charge < -0.3 is 19.8 Å². The molecule has 0 aliphatic heterocycles. The third kappa shape index (κ3) is 5.52. The summed E-state index contributed by atoms with van der Waals surface area (Å²) in [5, 5.41) is 17.4. The van der Waals surface area contributed by atoms with E-state index < -0.39 is 17.8 Å². The van der Waals surface area contributed by atoms with Crippen LogP contribution in [-0.4, -0.2) is 53.2 Å². The Balaban J connectivity index is 2.80. The van der Waals surface area contributed by atoms with E-state index in [1.54, 1.807) is 24.3 Å². The van der Waals surface area contributed by atoms with Crippen molar-refractivity contribution in [3.63, 3.8) is 0 Å². The van der Waals surface area contributed by atoms with Crippen LogP contribution in [0.2, 0.25) is 0 Å². The van der Waals surface area contributed by atoms with Crippen molar-refractivity contribution in [1.82, 2.24) is 4.90 Å². The van der Waals surface area contributed by atoms with Crippen molar-refractivity contribution in [3.05, 3.63) is 29.8 Å². The first-order valence-corrected chi connectivity index (χ1v) is 6.31. The molecule has 0 spiro atoms. The van der Waals surface area contributed by atoms with Gasteiger partial charge in [0, 0.05) is 18.7 Å². The second kappa shape index (κ2) is 7.88. The number of carboxylic acids is 2. The number of ether oxygens (including phenoxy) is 1. The molecule has 0 unspecified atom stereocenters. The third-order valence-electron chi connectivity index (χ3n) is 2.82. The number of hydrogen-bond donors (Lipinski definition) is 2. The van der Waals surface area contributed by atoms with E-state index in [4.69, 9.17) is 14.9 Å². The fraction of sp³-hybridized carbons (Fsp3) is 0.357. The lowest BCUT2D eigenvalue weighted by Crippen LogP contribution is -2.34. The lowest BCUT2D eigenvalue weighted by molar-refractivity contribution is -0.137. The Morgan fingerprint density at radius 2 is 1.48 bits per heavy atom. The van der Waals surface area contributed by atoms with Crippen molar-refractivity contribution in [2.75, 3.05) is 20.2 Å². The largest absolute Gasteiger partial charge is 0.497 e. The molecule has 0 radical (unpaired) electrons. The van der Waals surface area contributed by atoms with Crippen LogP contribution in [0.3, 0.4) is 0 Å². The summed E-state index contributed by atoms with van der Waals surface area (Å²) in [5.41, 5.74) is 0.353. The molecule has 1 amide bonds. The lowest BCUT2D eigenvalue weighted by Gasteiger charge is -2.21. The minimum atomic E-state index is -1.04. The minimum absolute atomic E-state index is 0.0343. The van der Waals surface area contributed by atoms with Gasteiger partial charge in [-0.15, -0.1) is 0 Å². The maximum Gasteiger partial charge on any atom is 0.305 e. The first-order chi connectivity index (χ1) is 9.93. The molecule has 7 nitrogen and oxygen atoms in total. The number of methoxy groups -OCH3 is 1. The highest BCUT2D eigenvalue weighted by atomic mass is 16.5. The first-order valence-electron chi connectivity index (χ1n) is 6.31. The van der Waals surface area contributed by atoms with Crippen molar-refractivity contribution in [3.8, 4) is 5.75 Å². The normalized spacial score (nSPS) is 9.95. The number of carbonyl (C=O) groups excluding carboxylic acids is 1. The van der Waals surface area contributed by atoms with Gasteiger partial charge in [-0.2, -0.15) is 0 Å². The van der Waals surface area contributed by atoms with E-state index in [0.29, 0.717) is 11.3 Å². The van der Waals surface area contributed by atoms with Crippen molar-refractivity contribution in [2.45, 2.75) is 12.8 Å². The van der Waals surface area contributed by atoms with Gasteiger partial charge in [0.15, 0.2) is 0 Å². The van der Waals surface area contributed by atoms with Gasteiger partial charge >= 0.3 is 11.9 Å². The van der Waals surface area contributed by atoms with E-state index in [1.165, 1.54) is 12.0 Å². The third-order valence-corrected chi connectivity index (χ3v) is 2.82. The molecule has 1 aromatic rings. The summed E-state index contributed by atoms with van der Waals surface area (Å²) >= 11 is 0. The van der Waals surface area contributed by atoms with Crippen LogP contribution in [-0.2, 0) is 9.59 Å². The summed E-state index contributed by atoms with van der Waals surface area (Å²) in [5.74, 6) is -1.90. The summed E-state index contributed by atoms with van der Waals surface area (Å²) in [7, 11) is 1.50. The highest BCUT2D eigenvalue weighted by Crippen LogP contribution is 2.13. The van der Waals surface area contributed by atoms with Crippen molar-refractivity contribution >= 4 is 17.8 Å². The monoisotopic (exact) mass is 295 g/mol. The topological polar surface area (TPSA) is 104 Å². The van der Waals surface area contributed by atoms with E-state index in [0.717, 1.165) is 0 Å². The smallest absolute Gasteiger partial charge is 0.305 e. The highest BCUT2D eigenvalue weighted by Gasteiger charge is 2.17.